The van der Waals surface area contributed by atoms with E-state index < -0.39 is 5.91 Å². The van der Waals surface area contributed by atoms with E-state index in [-0.39, 0.29) is 11.4 Å². The minimum Gasteiger partial charge on any atom is -0.319 e. The van der Waals surface area contributed by atoms with E-state index in [1.165, 1.54) is 30.3 Å². The van der Waals surface area contributed by atoms with Crippen molar-refractivity contribution in [2.75, 3.05) is 5.32 Å². The van der Waals surface area contributed by atoms with Gasteiger partial charge in [-0.15, -0.1) is 0 Å². The molecule has 6 heteroatoms. The van der Waals surface area contributed by atoms with Crippen LogP contribution in [0, 0.1) is 24.1 Å². The first-order chi connectivity index (χ1) is 10.9. The second kappa shape index (κ2) is 7.53. The standard InChI is InChI=1S/C17H11Br2FN2O/c1-10-6-14(18)16(15(19)7-10)22-17(23)12(9-21)8-11-2-4-13(20)5-3-11/h2-8H,1H3,(H,22,23)/b12-8+. The van der Waals surface area contributed by atoms with Gasteiger partial charge in [-0.25, -0.2) is 4.39 Å². The Bertz CT molecular complexity index is 800. The monoisotopic (exact) mass is 436 g/mol. The van der Waals surface area contributed by atoms with Crippen LogP contribution < -0.4 is 5.32 Å². The zero-order valence-corrected chi connectivity index (χ0v) is 15.2. The molecule has 0 radical (unpaired) electrons. The van der Waals surface area contributed by atoms with Gasteiger partial charge >= 0.3 is 0 Å². The van der Waals surface area contributed by atoms with Crippen LogP contribution in [0.5, 0.6) is 0 Å². The average Bonchev–Trinajstić information content (AvgIpc) is 2.50. The molecule has 23 heavy (non-hydrogen) atoms. The summed E-state index contributed by atoms with van der Waals surface area (Å²) in [7, 11) is 0. The lowest BCUT2D eigenvalue weighted by molar-refractivity contribution is -0.112. The Labute approximate surface area is 150 Å². The highest BCUT2D eigenvalue weighted by atomic mass is 79.9. The van der Waals surface area contributed by atoms with Crippen molar-refractivity contribution in [1.82, 2.24) is 0 Å². The summed E-state index contributed by atoms with van der Waals surface area (Å²) in [6, 6.07) is 11.1. The van der Waals surface area contributed by atoms with Crippen molar-refractivity contribution in [3.8, 4) is 6.07 Å². The average molecular weight is 438 g/mol. The highest BCUT2D eigenvalue weighted by molar-refractivity contribution is 9.11. The number of hydrogen-bond acceptors (Lipinski definition) is 2. The third kappa shape index (κ3) is 4.50. The van der Waals surface area contributed by atoms with Crippen LogP contribution in [0.25, 0.3) is 6.08 Å². The fraction of sp³-hybridized carbons (Fsp3) is 0.0588. The fourth-order valence-electron chi connectivity index (χ4n) is 1.87. The van der Waals surface area contributed by atoms with Gasteiger partial charge in [-0.2, -0.15) is 5.26 Å². The Morgan fingerprint density at radius 3 is 2.30 bits per heavy atom. The van der Waals surface area contributed by atoms with E-state index in [2.05, 4.69) is 37.2 Å². The number of halogens is 3. The molecule has 0 unspecified atom stereocenters. The van der Waals surface area contributed by atoms with Crippen LogP contribution in [0.2, 0.25) is 0 Å². The molecule has 2 aromatic carbocycles. The molecule has 0 bridgehead atoms. The number of carbonyl (C=O) groups excluding carboxylic acids is 1. The van der Waals surface area contributed by atoms with Gasteiger partial charge in [0.1, 0.15) is 17.5 Å². The van der Waals surface area contributed by atoms with Crippen LogP contribution in [0.4, 0.5) is 10.1 Å². The summed E-state index contributed by atoms with van der Waals surface area (Å²) in [5, 5.41) is 11.9. The predicted octanol–water partition coefficient (Wildman–Crippen LogP) is 5.20. The number of nitrogens with zero attached hydrogens (tertiary/aromatic N) is 1. The van der Waals surface area contributed by atoms with Crippen molar-refractivity contribution in [2.45, 2.75) is 6.92 Å². The number of nitrogens with one attached hydrogen (secondary N) is 1. The Kier molecular flexibility index (Phi) is 5.69. The van der Waals surface area contributed by atoms with Gasteiger partial charge in [0.25, 0.3) is 5.91 Å². The summed E-state index contributed by atoms with van der Waals surface area (Å²) in [6.07, 6.45) is 1.41. The molecule has 0 saturated carbocycles. The van der Waals surface area contributed by atoms with Crippen LogP contribution >= 0.6 is 31.9 Å². The predicted molar refractivity (Wildman–Crippen MR) is 95.2 cm³/mol. The molecule has 0 aliphatic carbocycles. The molecule has 0 fully saturated rings. The normalized spacial score (nSPS) is 11.0. The van der Waals surface area contributed by atoms with Gasteiger partial charge in [-0.3, -0.25) is 4.79 Å². The molecule has 0 atom stereocenters. The van der Waals surface area contributed by atoms with E-state index in [0.29, 0.717) is 20.2 Å². The number of amides is 1. The van der Waals surface area contributed by atoms with Gasteiger partial charge in [-0.1, -0.05) is 12.1 Å². The minimum absolute atomic E-state index is 0.0732. The van der Waals surface area contributed by atoms with E-state index in [4.69, 9.17) is 0 Å². The molecule has 0 aliphatic rings. The van der Waals surface area contributed by atoms with E-state index in [1.807, 2.05) is 25.1 Å². The van der Waals surface area contributed by atoms with Gasteiger partial charge in [0.2, 0.25) is 0 Å². The molecule has 3 nitrogen and oxygen atoms in total. The van der Waals surface area contributed by atoms with E-state index in [1.54, 1.807) is 0 Å². The maximum absolute atomic E-state index is 12.9. The largest absolute Gasteiger partial charge is 0.319 e. The van der Waals surface area contributed by atoms with Gasteiger partial charge in [0.15, 0.2) is 0 Å². The van der Waals surface area contributed by atoms with Crippen LogP contribution in [0.1, 0.15) is 11.1 Å². The number of anilines is 1. The summed E-state index contributed by atoms with van der Waals surface area (Å²) >= 11 is 6.77. The van der Waals surface area contributed by atoms with Crippen LogP contribution in [0.15, 0.2) is 50.9 Å². The molecule has 0 aliphatic heterocycles. The molecule has 0 saturated heterocycles. The number of benzene rings is 2. The third-order valence-electron chi connectivity index (χ3n) is 2.97. The number of aryl methyl sites for hydroxylation is 1. The molecule has 2 aromatic rings. The summed E-state index contributed by atoms with van der Waals surface area (Å²) in [5.74, 6) is -0.917. The zero-order valence-electron chi connectivity index (χ0n) is 12.0. The van der Waals surface area contributed by atoms with Gasteiger partial charge in [-0.05, 0) is 80.3 Å². The SMILES string of the molecule is Cc1cc(Br)c(NC(=O)/C(C#N)=C/c2ccc(F)cc2)c(Br)c1. The lowest BCUT2D eigenvalue weighted by Crippen LogP contribution is -2.14. The number of carbonyl (C=O) groups is 1. The van der Waals surface area contributed by atoms with Crippen molar-refractivity contribution in [1.29, 1.82) is 5.26 Å². The minimum atomic E-state index is -0.540. The summed E-state index contributed by atoms with van der Waals surface area (Å²) < 4.78 is 14.3. The van der Waals surface area contributed by atoms with E-state index in [0.717, 1.165) is 5.56 Å². The number of hydrogen-bond donors (Lipinski definition) is 1. The topological polar surface area (TPSA) is 52.9 Å². The van der Waals surface area contributed by atoms with Crippen LogP contribution in [-0.4, -0.2) is 5.91 Å². The number of nitriles is 1. The van der Waals surface area contributed by atoms with Crippen molar-refractivity contribution >= 4 is 49.5 Å². The first kappa shape index (κ1) is 17.4. The van der Waals surface area contributed by atoms with Gasteiger partial charge in [0, 0.05) is 8.95 Å². The highest BCUT2D eigenvalue weighted by Gasteiger charge is 2.14. The molecule has 1 N–H and O–H groups in total. The van der Waals surface area contributed by atoms with Crippen molar-refractivity contribution in [3.05, 3.63) is 67.9 Å². The summed E-state index contributed by atoms with van der Waals surface area (Å²) in [4.78, 5) is 12.3. The summed E-state index contributed by atoms with van der Waals surface area (Å²) in [5.41, 5.74) is 2.06. The molecular weight excluding hydrogens is 427 g/mol. The van der Waals surface area contributed by atoms with E-state index >= 15 is 0 Å². The van der Waals surface area contributed by atoms with Crippen molar-refractivity contribution in [2.24, 2.45) is 0 Å². The first-order valence-corrected chi connectivity index (χ1v) is 8.13. The zero-order chi connectivity index (χ0) is 17.0. The number of rotatable bonds is 3. The Hall–Kier alpha value is -1.97. The molecule has 0 spiro atoms. The Balaban J connectivity index is 2.28. The quantitative estimate of drug-likeness (QED) is 0.529. The molecule has 2 rings (SSSR count). The molecular formula is C17H11Br2FN2O. The van der Waals surface area contributed by atoms with Crippen molar-refractivity contribution in [3.63, 3.8) is 0 Å². The molecule has 0 heterocycles. The van der Waals surface area contributed by atoms with E-state index in [9.17, 15) is 14.4 Å². The Morgan fingerprint density at radius 1 is 1.22 bits per heavy atom. The second-order valence-electron chi connectivity index (χ2n) is 4.78. The van der Waals surface area contributed by atoms with Crippen molar-refractivity contribution < 1.29 is 9.18 Å². The van der Waals surface area contributed by atoms with Crippen LogP contribution in [-0.2, 0) is 4.79 Å². The first-order valence-electron chi connectivity index (χ1n) is 6.55. The fourth-order valence-corrected chi connectivity index (χ4v) is 3.49. The molecule has 116 valence electrons. The second-order valence-corrected chi connectivity index (χ2v) is 6.49. The van der Waals surface area contributed by atoms with Gasteiger partial charge in [0.05, 0.1) is 5.69 Å². The Morgan fingerprint density at radius 2 is 1.78 bits per heavy atom. The maximum atomic E-state index is 12.9. The molecule has 1 amide bonds. The lowest BCUT2D eigenvalue weighted by atomic mass is 10.1. The molecule has 0 aromatic heterocycles. The maximum Gasteiger partial charge on any atom is 0.266 e. The lowest BCUT2D eigenvalue weighted by Gasteiger charge is -2.10. The highest BCUT2D eigenvalue weighted by Crippen LogP contribution is 2.32. The van der Waals surface area contributed by atoms with Crippen LogP contribution in [0.3, 0.4) is 0 Å². The smallest absolute Gasteiger partial charge is 0.266 e. The third-order valence-corrected chi connectivity index (χ3v) is 4.22. The van der Waals surface area contributed by atoms with Gasteiger partial charge < -0.3 is 5.32 Å². The summed E-state index contributed by atoms with van der Waals surface area (Å²) in [6.45, 7) is 1.93.